The Hall–Kier alpha value is -4.00. The van der Waals surface area contributed by atoms with E-state index in [-0.39, 0.29) is 17.6 Å². The van der Waals surface area contributed by atoms with Crippen molar-refractivity contribution in [2.45, 2.75) is 13.0 Å². The van der Waals surface area contributed by atoms with E-state index in [9.17, 15) is 9.59 Å². The number of primary amides is 1. The van der Waals surface area contributed by atoms with E-state index in [2.05, 4.69) is 15.6 Å². The molecule has 1 aromatic heterocycles. The van der Waals surface area contributed by atoms with Gasteiger partial charge in [0.2, 0.25) is 0 Å². The van der Waals surface area contributed by atoms with Crippen LogP contribution in [0, 0.1) is 0 Å². The lowest BCUT2D eigenvalue weighted by atomic mass is 10.0. The highest BCUT2D eigenvalue weighted by Crippen LogP contribution is 2.20. The van der Waals surface area contributed by atoms with Crippen molar-refractivity contribution in [1.29, 1.82) is 0 Å². The summed E-state index contributed by atoms with van der Waals surface area (Å²) in [5, 5.41) is 12.6. The molecular formula is C22H19N5O2. The van der Waals surface area contributed by atoms with Crippen LogP contribution in [0.25, 0.3) is 16.5 Å². The smallest absolute Gasteiger partial charge is 0.270 e. The molecule has 4 aromatic rings. The molecule has 29 heavy (non-hydrogen) atoms. The zero-order valence-electron chi connectivity index (χ0n) is 15.7. The second kappa shape index (κ2) is 7.55. The lowest BCUT2D eigenvalue weighted by molar-refractivity contribution is 0.0940. The number of nitrogens with two attached hydrogens (primary N) is 1. The Morgan fingerprint density at radius 1 is 1.00 bits per heavy atom. The molecule has 0 aliphatic heterocycles. The minimum Gasteiger partial charge on any atom is -0.364 e. The van der Waals surface area contributed by atoms with Crippen LogP contribution in [0.3, 0.4) is 0 Å². The first-order valence-corrected chi connectivity index (χ1v) is 9.14. The minimum atomic E-state index is -0.627. The molecule has 0 saturated heterocycles. The maximum Gasteiger partial charge on any atom is 0.270 e. The predicted molar refractivity (Wildman–Crippen MR) is 110 cm³/mol. The average molecular weight is 385 g/mol. The first-order chi connectivity index (χ1) is 14.0. The number of rotatable bonds is 5. The first kappa shape index (κ1) is 18.4. The summed E-state index contributed by atoms with van der Waals surface area (Å²) >= 11 is 0. The Kier molecular flexibility index (Phi) is 4.78. The van der Waals surface area contributed by atoms with Gasteiger partial charge in [-0.1, -0.05) is 53.7 Å². The van der Waals surface area contributed by atoms with Crippen molar-refractivity contribution in [3.05, 3.63) is 89.7 Å². The zero-order chi connectivity index (χ0) is 20.4. The molecule has 4 rings (SSSR count). The third-order valence-corrected chi connectivity index (χ3v) is 4.79. The van der Waals surface area contributed by atoms with E-state index >= 15 is 0 Å². The van der Waals surface area contributed by atoms with Crippen LogP contribution in [0.2, 0.25) is 0 Å². The van der Waals surface area contributed by atoms with E-state index in [1.54, 1.807) is 0 Å². The van der Waals surface area contributed by atoms with E-state index in [4.69, 9.17) is 5.73 Å². The third kappa shape index (κ3) is 3.70. The van der Waals surface area contributed by atoms with Gasteiger partial charge < -0.3 is 11.1 Å². The summed E-state index contributed by atoms with van der Waals surface area (Å²) in [6.45, 7) is 1.93. The fourth-order valence-corrected chi connectivity index (χ4v) is 3.20. The van der Waals surface area contributed by atoms with Gasteiger partial charge in [0.25, 0.3) is 11.8 Å². The molecule has 3 N–H and O–H groups in total. The summed E-state index contributed by atoms with van der Waals surface area (Å²) in [6, 6.07) is 20.8. The summed E-state index contributed by atoms with van der Waals surface area (Å²) in [5.74, 6) is -0.751. The fraction of sp³-hybridized carbons (Fsp3) is 0.0909. The van der Waals surface area contributed by atoms with Crippen LogP contribution in [0.5, 0.6) is 0 Å². The van der Waals surface area contributed by atoms with Gasteiger partial charge in [-0.15, -0.1) is 5.10 Å². The highest BCUT2D eigenvalue weighted by Gasteiger charge is 2.14. The number of hydrogen-bond donors (Lipinski definition) is 2. The molecule has 1 heterocycles. The third-order valence-electron chi connectivity index (χ3n) is 4.79. The number of nitrogens with one attached hydrogen (secondary N) is 1. The van der Waals surface area contributed by atoms with E-state index in [0.717, 1.165) is 22.0 Å². The van der Waals surface area contributed by atoms with Gasteiger partial charge in [-0.3, -0.25) is 9.59 Å². The second-order valence-electron chi connectivity index (χ2n) is 6.73. The molecule has 0 saturated carbocycles. The van der Waals surface area contributed by atoms with Crippen LogP contribution < -0.4 is 11.1 Å². The maximum atomic E-state index is 12.8. The molecule has 2 amide bonds. The number of benzene rings is 3. The lowest BCUT2D eigenvalue weighted by Crippen LogP contribution is -2.26. The Balaban J connectivity index is 1.51. The van der Waals surface area contributed by atoms with Gasteiger partial charge >= 0.3 is 0 Å². The van der Waals surface area contributed by atoms with Crippen LogP contribution in [0.1, 0.15) is 39.4 Å². The highest BCUT2D eigenvalue weighted by molar-refractivity contribution is 6.07. The van der Waals surface area contributed by atoms with Crippen LogP contribution in [0.4, 0.5) is 0 Å². The first-order valence-electron chi connectivity index (χ1n) is 9.14. The van der Waals surface area contributed by atoms with Gasteiger partial charge in [-0.05, 0) is 41.5 Å². The van der Waals surface area contributed by atoms with Gasteiger partial charge in [0.1, 0.15) is 0 Å². The normalized spacial score (nSPS) is 11.9. The van der Waals surface area contributed by atoms with Crippen molar-refractivity contribution in [2.24, 2.45) is 5.73 Å². The van der Waals surface area contributed by atoms with Crippen LogP contribution in [-0.2, 0) is 0 Å². The van der Waals surface area contributed by atoms with Crippen LogP contribution in [-0.4, -0.2) is 26.8 Å². The van der Waals surface area contributed by atoms with Crippen molar-refractivity contribution in [2.75, 3.05) is 0 Å². The number of carbonyl (C=O) groups is 2. The molecule has 0 bridgehead atoms. The van der Waals surface area contributed by atoms with Gasteiger partial charge in [0.15, 0.2) is 5.69 Å². The summed E-state index contributed by atoms with van der Waals surface area (Å²) < 4.78 is 1.48. The quantitative estimate of drug-likeness (QED) is 0.551. The molecule has 0 aliphatic rings. The minimum absolute atomic E-state index is 0.102. The molecule has 0 aliphatic carbocycles. The van der Waals surface area contributed by atoms with Crippen molar-refractivity contribution in [1.82, 2.24) is 20.3 Å². The maximum absolute atomic E-state index is 12.8. The number of carbonyl (C=O) groups excluding carboxylic acids is 2. The van der Waals surface area contributed by atoms with Crippen molar-refractivity contribution < 1.29 is 9.59 Å². The van der Waals surface area contributed by atoms with Gasteiger partial charge in [-0.25, -0.2) is 4.68 Å². The number of nitrogens with zero attached hydrogens (tertiary/aromatic N) is 3. The van der Waals surface area contributed by atoms with E-state index in [0.29, 0.717) is 5.56 Å². The number of aromatic nitrogens is 3. The lowest BCUT2D eigenvalue weighted by Gasteiger charge is -2.16. The topological polar surface area (TPSA) is 103 Å². The molecule has 7 heteroatoms. The molecule has 3 aromatic carbocycles. The van der Waals surface area contributed by atoms with Gasteiger partial charge in [-0.2, -0.15) is 0 Å². The van der Waals surface area contributed by atoms with Crippen molar-refractivity contribution >= 4 is 22.6 Å². The number of fused-ring (bicyclic) bond motifs is 1. The summed E-state index contributed by atoms with van der Waals surface area (Å²) in [6.07, 6.45) is 1.48. The highest BCUT2D eigenvalue weighted by atomic mass is 16.2. The molecule has 0 radical (unpaired) electrons. The SMILES string of the molecule is CC(NC(=O)c1cccc2ccccc12)c1ccc(-n2cc(C(N)=O)nn2)cc1. The standard InChI is InChI=1S/C22H19N5O2/c1-14(24-22(29)19-8-4-6-16-5-2-3-7-18(16)19)15-9-11-17(12-10-15)27-13-20(21(23)28)25-26-27/h2-14H,1H3,(H2,23,28)(H,24,29). The van der Waals surface area contributed by atoms with Crippen molar-refractivity contribution in [3.8, 4) is 5.69 Å². The van der Waals surface area contributed by atoms with Gasteiger partial charge in [0, 0.05) is 5.56 Å². The van der Waals surface area contributed by atoms with Crippen LogP contribution >= 0.6 is 0 Å². The number of amides is 2. The summed E-state index contributed by atoms with van der Waals surface area (Å²) in [7, 11) is 0. The monoisotopic (exact) mass is 385 g/mol. The average Bonchev–Trinajstić information content (AvgIpc) is 3.24. The Bertz CT molecular complexity index is 1190. The fourth-order valence-electron chi connectivity index (χ4n) is 3.20. The molecule has 144 valence electrons. The van der Waals surface area contributed by atoms with E-state index in [1.807, 2.05) is 73.7 Å². The predicted octanol–water partition coefficient (Wildman–Crippen LogP) is 3.01. The molecule has 1 unspecified atom stereocenters. The van der Waals surface area contributed by atoms with E-state index < -0.39 is 5.91 Å². The second-order valence-corrected chi connectivity index (χ2v) is 6.73. The Morgan fingerprint density at radius 2 is 1.72 bits per heavy atom. The van der Waals surface area contributed by atoms with Crippen molar-refractivity contribution in [3.63, 3.8) is 0 Å². The van der Waals surface area contributed by atoms with Gasteiger partial charge in [0.05, 0.1) is 17.9 Å². The Morgan fingerprint density at radius 3 is 2.45 bits per heavy atom. The number of hydrogen-bond acceptors (Lipinski definition) is 4. The largest absolute Gasteiger partial charge is 0.364 e. The summed E-state index contributed by atoms with van der Waals surface area (Å²) in [4.78, 5) is 24.0. The molecular weight excluding hydrogens is 366 g/mol. The van der Waals surface area contributed by atoms with E-state index in [1.165, 1.54) is 10.9 Å². The molecule has 0 fully saturated rings. The Labute approximate surface area is 167 Å². The molecule has 1 atom stereocenters. The molecule has 0 spiro atoms. The zero-order valence-corrected chi connectivity index (χ0v) is 15.7. The van der Waals surface area contributed by atoms with Crippen LogP contribution in [0.15, 0.2) is 72.9 Å². The summed E-state index contributed by atoms with van der Waals surface area (Å²) in [5.41, 5.74) is 7.63. The molecule has 7 nitrogen and oxygen atoms in total.